The summed E-state index contributed by atoms with van der Waals surface area (Å²) in [6.07, 6.45) is 1.09. The lowest BCUT2D eigenvalue weighted by atomic mass is 10.1. The highest BCUT2D eigenvalue weighted by Gasteiger charge is 2.09. The summed E-state index contributed by atoms with van der Waals surface area (Å²) in [7, 11) is 6.14. The maximum absolute atomic E-state index is 12.1. The molecular weight excluding hydrogens is 224 g/mol. The standard InChI is InChI=1S/C15H24N2O/c1-13-7-5-8-14(11-13)15(18)12-17(4)10-6-9-16(2)3/h5,7-8,11H,6,9-10,12H2,1-4H3. The van der Waals surface area contributed by atoms with Crippen LogP contribution in [0.15, 0.2) is 24.3 Å². The van der Waals surface area contributed by atoms with Gasteiger partial charge in [-0.05, 0) is 53.6 Å². The zero-order valence-electron chi connectivity index (χ0n) is 11.9. The predicted octanol–water partition coefficient (Wildman–Crippen LogP) is 2.06. The molecule has 1 rings (SSSR count). The molecule has 0 bridgehead atoms. The Bertz CT molecular complexity index is 388. The molecule has 1 aromatic carbocycles. The lowest BCUT2D eigenvalue weighted by Gasteiger charge is -2.17. The fraction of sp³-hybridized carbons (Fsp3) is 0.533. The molecule has 0 aliphatic heterocycles. The summed E-state index contributed by atoms with van der Waals surface area (Å²) in [4.78, 5) is 16.3. The molecule has 0 aliphatic rings. The van der Waals surface area contributed by atoms with Crippen molar-refractivity contribution >= 4 is 5.78 Å². The molecule has 0 atom stereocenters. The van der Waals surface area contributed by atoms with Gasteiger partial charge in [0.15, 0.2) is 5.78 Å². The normalized spacial score (nSPS) is 11.2. The van der Waals surface area contributed by atoms with Crippen LogP contribution in [0.1, 0.15) is 22.3 Å². The van der Waals surface area contributed by atoms with E-state index in [2.05, 4.69) is 23.9 Å². The molecule has 3 nitrogen and oxygen atoms in total. The third-order valence-electron chi connectivity index (χ3n) is 2.90. The number of rotatable bonds is 7. The first-order chi connectivity index (χ1) is 8.49. The van der Waals surface area contributed by atoms with E-state index in [1.807, 2.05) is 38.2 Å². The molecule has 0 radical (unpaired) electrons. The molecule has 1 aromatic rings. The Morgan fingerprint density at radius 3 is 2.50 bits per heavy atom. The molecule has 0 aromatic heterocycles. The highest BCUT2D eigenvalue weighted by atomic mass is 16.1. The highest BCUT2D eigenvalue weighted by molar-refractivity contribution is 5.97. The van der Waals surface area contributed by atoms with Crippen molar-refractivity contribution in [1.29, 1.82) is 0 Å². The van der Waals surface area contributed by atoms with Gasteiger partial charge in [-0.15, -0.1) is 0 Å². The minimum absolute atomic E-state index is 0.200. The van der Waals surface area contributed by atoms with Crippen molar-refractivity contribution < 1.29 is 4.79 Å². The van der Waals surface area contributed by atoms with Gasteiger partial charge < -0.3 is 4.90 Å². The van der Waals surface area contributed by atoms with Crippen LogP contribution in [0.4, 0.5) is 0 Å². The molecule has 0 saturated carbocycles. The molecule has 0 heterocycles. The van der Waals surface area contributed by atoms with E-state index in [9.17, 15) is 4.79 Å². The summed E-state index contributed by atoms with van der Waals surface area (Å²) >= 11 is 0. The van der Waals surface area contributed by atoms with Gasteiger partial charge >= 0.3 is 0 Å². The van der Waals surface area contributed by atoms with E-state index < -0.39 is 0 Å². The quantitative estimate of drug-likeness (QED) is 0.690. The van der Waals surface area contributed by atoms with Crippen LogP contribution in [0.5, 0.6) is 0 Å². The summed E-state index contributed by atoms with van der Waals surface area (Å²) in [5.74, 6) is 0.200. The van der Waals surface area contributed by atoms with Crippen molar-refractivity contribution in [1.82, 2.24) is 9.80 Å². The number of carbonyl (C=O) groups excluding carboxylic acids is 1. The Kier molecular flexibility index (Phi) is 6.02. The third-order valence-corrected chi connectivity index (χ3v) is 2.90. The van der Waals surface area contributed by atoms with Crippen LogP contribution < -0.4 is 0 Å². The molecule has 0 N–H and O–H groups in total. The number of hydrogen-bond acceptors (Lipinski definition) is 3. The van der Waals surface area contributed by atoms with Gasteiger partial charge in [0.1, 0.15) is 0 Å². The molecule has 0 amide bonds. The van der Waals surface area contributed by atoms with Crippen LogP contribution in [0.2, 0.25) is 0 Å². The van der Waals surface area contributed by atoms with Crippen molar-refractivity contribution in [3.63, 3.8) is 0 Å². The molecule has 0 fully saturated rings. The summed E-state index contributed by atoms with van der Waals surface area (Å²) in [5.41, 5.74) is 1.95. The summed E-state index contributed by atoms with van der Waals surface area (Å²) in [5, 5.41) is 0. The first-order valence-corrected chi connectivity index (χ1v) is 6.42. The van der Waals surface area contributed by atoms with Gasteiger partial charge in [0.25, 0.3) is 0 Å². The topological polar surface area (TPSA) is 23.6 Å². The Morgan fingerprint density at radius 1 is 1.17 bits per heavy atom. The first kappa shape index (κ1) is 14.9. The van der Waals surface area contributed by atoms with E-state index in [-0.39, 0.29) is 5.78 Å². The average molecular weight is 248 g/mol. The van der Waals surface area contributed by atoms with E-state index in [0.717, 1.165) is 30.6 Å². The number of benzene rings is 1. The number of likely N-dealkylation sites (N-methyl/N-ethyl adjacent to an activating group) is 1. The van der Waals surface area contributed by atoms with E-state index in [0.29, 0.717) is 6.54 Å². The minimum Gasteiger partial charge on any atom is -0.309 e. The monoisotopic (exact) mass is 248 g/mol. The van der Waals surface area contributed by atoms with Crippen molar-refractivity contribution in [2.75, 3.05) is 40.8 Å². The fourth-order valence-corrected chi connectivity index (χ4v) is 1.89. The molecule has 0 spiro atoms. The smallest absolute Gasteiger partial charge is 0.176 e. The van der Waals surface area contributed by atoms with Gasteiger partial charge in [-0.3, -0.25) is 9.69 Å². The second kappa shape index (κ2) is 7.29. The number of ketones is 1. The zero-order valence-corrected chi connectivity index (χ0v) is 11.9. The highest BCUT2D eigenvalue weighted by Crippen LogP contribution is 2.05. The van der Waals surface area contributed by atoms with Crippen molar-refractivity contribution in [3.8, 4) is 0 Å². The van der Waals surface area contributed by atoms with Gasteiger partial charge in [-0.1, -0.05) is 23.8 Å². The van der Waals surface area contributed by atoms with Gasteiger partial charge in [0, 0.05) is 5.56 Å². The molecule has 100 valence electrons. The van der Waals surface area contributed by atoms with Crippen LogP contribution in [-0.4, -0.2) is 56.4 Å². The fourth-order valence-electron chi connectivity index (χ4n) is 1.89. The SMILES string of the molecule is Cc1cccc(C(=O)CN(C)CCCN(C)C)c1. The first-order valence-electron chi connectivity index (χ1n) is 6.42. The second-order valence-corrected chi connectivity index (χ2v) is 5.19. The van der Waals surface area contributed by atoms with Gasteiger partial charge in [0.2, 0.25) is 0 Å². The minimum atomic E-state index is 0.200. The number of carbonyl (C=O) groups is 1. The van der Waals surface area contributed by atoms with Gasteiger partial charge in [0.05, 0.1) is 6.54 Å². The number of aryl methyl sites for hydroxylation is 1. The molecule has 3 heteroatoms. The largest absolute Gasteiger partial charge is 0.309 e. The Hall–Kier alpha value is -1.19. The summed E-state index contributed by atoms with van der Waals surface area (Å²) < 4.78 is 0. The zero-order chi connectivity index (χ0) is 13.5. The molecule has 0 aliphatic carbocycles. The van der Waals surface area contributed by atoms with Crippen molar-refractivity contribution in [2.24, 2.45) is 0 Å². The van der Waals surface area contributed by atoms with E-state index >= 15 is 0 Å². The lowest BCUT2D eigenvalue weighted by Crippen LogP contribution is -2.29. The van der Waals surface area contributed by atoms with Crippen molar-refractivity contribution in [2.45, 2.75) is 13.3 Å². The average Bonchev–Trinajstić information content (AvgIpc) is 2.28. The maximum Gasteiger partial charge on any atom is 0.176 e. The Labute approximate surface area is 110 Å². The van der Waals surface area contributed by atoms with Crippen LogP contribution in [0.25, 0.3) is 0 Å². The number of hydrogen-bond donors (Lipinski definition) is 0. The second-order valence-electron chi connectivity index (χ2n) is 5.19. The van der Waals surface area contributed by atoms with Crippen LogP contribution in [0.3, 0.4) is 0 Å². The Morgan fingerprint density at radius 2 is 1.89 bits per heavy atom. The molecule has 0 saturated heterocycles. The molecule has 18 heavy (non-hydrogen) atoms. The van der Waals surface area contributed by atoms with Gasteiger partial charge in [-0.25, -0.2) is 0 Å². The van der Waals surface area contributed by atoms with Crippen LogP contribution in [-0.2, 0) is 0 Å². The van der Waals surface area contributed by atoms with E-state index in [1.54, 1.807) is 0 Å². The molecule has 0 unspecified atom stereocenters. The van der Waals surface area contributed by atoms with Gasteiger partial charge in [-0.2, -0.15) is 0 Å². The lowest BCUT2D eigenvalue weighted by molar-refractivity contribution is 0.0944. The van der Waals surface area contributed by atoms with E-state index in [4.69, 9.17) is 0 Å². The predicted molar refractivity (Wildman–Crippen MR) is 76.2 cm³/mol. The number of Topliss-reactive ketones (excluding diaryl/α,β-unsaturated/α-hetero) is 1. The third kappa shape index (κ3) is 5.43. The Balaban J connectivity index is 2.40. The van der Waals surface area contributed by atoms with Crippen LogP contribution in [0, 0.1) is 6.92 Å². The number of nitrogens with zero attached hydrogens (tertiary/aromatic N) is 2. The van der Waals surface area contributed by atoms with Crippen molar-refractivity contribution in [3.05, 3.63) is 35.4 Å². The summed E-state index contributed by atoms with van der Waals surface area (Å²) in [6, 6.07) is 7.80. The van der Waals surface area contributed by atoms with E-state index in [1.165, 1.54) is 0 Å². The maximum atomic E-state index is 12.1. The van der Waals surface area contributed by atoms with Crippen LogP contribution >= 0.6 is 0 Å². The summed E-state index contributed by atoms with van der Waals surface area (Å²) in [6.45, 7) is 4.52. The molecular formula is C15H24N2O.